The molecule has 0 unspecified atom stereocenters. The van der Waals surface area contributed by atoms with Gasteiger partial charge < -0.3 is 9.47 Å². The summed E-state index contributed by atoms with van der Waals surface area (Å²) in [6, 6.07) is 7.74. The summed E-state index contributed by atoms with van der Waals surface area (Å²) in [5.41, 5.74) is 0. The van der Waals surface area contributed by atoms with Crippen molar-refractivity contribution in [2.24, 2.45) is 0 Å². The third-order valence-electron chi connectivity index (χ3n) is 1.88. The highest BCUT2D eigenvalue weighted by Gasteiger charge is 1.94. The highest BCUT2D eigenvalue weighted by molar-refractivity contribution is 9.10. The molecule has 0 N–H and O–H groups in total. The van der Waals surface area contributed by atoms with E-state index < -0.39 is 0 Å². The molecule has 1 aromatic carbocycles. The molecule has 1 saturated heterocycles. The predicted molar refractivity (Wildman–Crippen MR) is 69.3 cm³/mol. The van der Waals surface area contributed by atoms with Crippen molar-refractivity contribution in [2.75, 3.05) is 20.3 Å². The van der Waals surface area contributed by atoms with Crippen molar-refractivity contribution in [3.05, 3.63) is 28.7 Å². The summed E-state index contributed by atoms with van der Waals surface area (Å²) in [4.78, 5) is 0. The Morgan fingerprint density at radius 2 is 1.80 bits per heavy atom. The molecule has 1 fully saturated rings. The largest absolute Gasteiger partial charge is 0.496 e. The molecule has 0 atom stereocenters. The zero-order valence-corrected chi connectivity index (χ0v) is 9.92. The number of hydrogen-bond donors (Lipinski definition) is 0. The maximum absolute atomic E-state index is 5.00. The van der Waals surface area contributed by atoms with Crippen molar-refractivity contribution < 1.29 is 9.47 Å². The maximum atomic E-state index is 5.00. The van der Waals surface area contributed by atoms with Gasteiger partial charge in [-0.1, -0.05) is 12.1 Å². The normalized spacial score (nSPS) is 13.5. The van der Waals surface area contributed by atoms with E-state index in [1.54, 1.807) is 7.11 Å². The Bertz CT molecular complexity index is 257. The molecule has 15 heavy (non-hydrogen) atoms. The van der Waals surface area contributed by atoms with Crippen molar-refractivity contribution >= 4 is 39.0 Å². The molecule has 1 aliphatic heterocycles. The van der Waals surface area contributed by atoms with Crippen LogP contribution in [0.25, 0.3) is 0 Å². The summed E-state index contributed by atoms with van der Waals surface area (Å²) in [7, 11) is 1.65. The average Bonchev–Trinajstić information content (AvgIpc) is 2.76. The van der Waals surface area contributed by atoms with Crippen LogP contribution < -0.4 is 4.74 Å². The first-order chi connectivity index (χ1) is 6.84. The molecule has 0 aliphatic carbocycles. The van der Waals surface area contributed by atoms with Crippen LogP contribution in [0.4, 0.5) is 0 Å². The number of para-hydroxylation sites is 1. The van der Waals surface area contributed by atoms with Gasteiger partial charge in [0.25, 0.3) is 0 Å². The second-order valence-corrected chi connectivity index (χ2v) is 3.81. The maximum Gasteiger partial charge on any atom is 0.316 e. The lowest BCUT2D eigenvalue weighted by molar-refractivity contribution is 0.198. The highest BCUT2D eigenvalue weighted by Crippen LogP contribution is 2.22. The van der Waals surface area contributed by atoms with Crippen LogP contribution in [0.2, 0.25) is 0 Å². The Morgan fingerprint density at radius 1 is 1.20 bits per heavy atom. The Labute approximate surface area is 116 Å². The first-order valence-electron chi connectivity index (χ1n) is 4.71. The quantitative estimate of drug-likeness (QED) is 0.737. The lowest BCUT2D eigenvalue weighted by Crippen LogP contribution is -1.81. The van der Waals surface area contributed by atoms with Gasteiger partial charge in [-0.05, 0) is 40.9 Å². The summed E-state index contributed by atoms with van der Waals surface area (Å²) in [5.74, 6) is 0.873. The standard InChI is InChI=1S/C7H7BrO.C4H8O.Mg.2H/c1-9-7-5-3-2-4-6(7)8;1-2-4-5-3-1;;;/h2-5H,1H3;1-4H2;;;. The molecule has 1 heterocycles. The van der Waals surface area contributed by atoms with E-state index in [1.165, 1.54) is 12.8 Å². The zero-order chi connectivity index (χ0) is 10.2. The SMILES string of the molecule is C1CCOC1.COc1ccccc1Br.[MgH2]. The van der Waals surface area contributed by atoms with E-state index in [4.69, 9.17) is 9.47 Å². The fraction of sp³-hybridized carbons (Fsp3) is 0.455. The zero-order valence-electron chi connectivity index (χ0n) is 8.33. The average molecular weight is 285 g/mol. The van der Waals surface area contributed by atoms with Crippen LogP contribution in [0.15, 0.2) is 28.7 Å². The number of methoxy groups -OCH3 is 1. The van der Waals surface area contributed by atoms with Gasteiger partial charge in [-0.3, -0.25) is 0 Å². The molecule has 82 valence electrons. The lowest BCUT2D eigenvalue weighted by Gasteiger charge is -1.99. The summed E-state index contributed by atoms with van der Waals surface area (Å²) in [6.45, 7) is 2.00. The summed E-state index contributed by atoms with van der Waals surface area (Å²) in [6.07, 6.45) is 2.56. The van der Waals surface area contributed by atoms with Gasteiger partial charge in [-0.2, -0.15) is 0 Å². The summed E-state index contributed by atoms with van der Waals surface area (Å²) < 4.78 is 10.9. The van der Waals surface area contributed by atoms with Gasteiger partial charge in [0, 0.05) is 13.2 Å². The molecule has 0 amide bonds. The number of rotatable bonds is 1. The van der Waals surface area contributed by atoms with Gasteiger partial charge in [0.15, 0.2) is 0 Å². The van der Waals surface area contributed by atoms with E-state index in [0.717, 1.165) is 23.4 Å². The molecular weight excluding hydrogens is 268 g/mol. The van der Waals surface area contributed by atoms with Crippen molar-refractivity contribution in [1.82, 2.24) is 0 Å². The Balaban J connectivity index is 0.000000280. The first-order valence-corrected chi connectivity index (χ1v) is 5.50. The molecule has 0 aromatic heterocycles. The van der Waals surface area contributed by atoms with Gasteiger partial charge in [-0.15, -0.1) is 0 Å². The van der Waals surface area contributed by atoms with Crippen LogP contribution >= 0.6 is 15.9 Å². The van der Waals surface area contributed by atoms with E-state index in [2.05, 4.69) is 15.9 Å². The van der Waals surface area contributed by atoms with Gasteiger partial charge in [0.1, 0.15) is 5.75 Å². The smallest absolute Gasteiger partial charge is 0.316 e. The third kappa shape index (κ3) is 6.40. The van der Waals surface area contributed by atoms with Crippen LogP contribution in [-0.4, -0.2) is 43.4 Å². The lowest BCUT2D eigenvalue weighted by atomic mass is 10.3. The number of halogens is 1. The van der Waals surface area contributed by atoms with Gasteiger partial charge in [-0.25, -0.2) is 0 Å². The van der Waals surface area contributed by atoms with Crippen molar-refractivity contribution in [3.8, 4) is 5.75 Å². The summed E-state index contributed by atoms with van der Waals surface area (Å²) >= 11 is 3.33. The van der Waals surface area contributed by atoms with E-state index >= 15 is 0 Å². The van der Waals surface area contributed by atoms with E-state index in [9.17, 15) is 0 Å². The molecule has 2 rings (SSSR count). The Morgan fingerprint density at radius 3 is 2.13 bits per heavy atom. The van der Waals surface area contributed by atoms with Crippen LogP contribution in [0.5, 0.6) is 5.75 Å². The number of ether oxygens (including phenoxy) is 2. The molecule has 4 heteroatoms. The molecule has 1 aromatic rings. The molecule has 0 bridgehead atoms. The number of benzene rings is 1. The van der Waals surface area contributed by atoms with Crippen molar-refractivity contribution in [1.29, 1.82) is 0 Å². The minimum atomic E-state index is 0. The molecular formula is C11H17BrMgO2. The van der Waals surface area contributed by atoms with Crippen LogP contribution in [0.1, 0.15) is 12.8 Å². The molecule has 0 radical (unpaired) electrons. The Kier molecular flexibility index (Phi) is 9.59. The van der Waals surface area contributed by atoms with Gasteiger partial charge >= 0.3 is 23.1 Å². The second kappa shape index (κ2) is 9.45. The molecule has 0 spiro atoms. The topological polar surface area (TPSA) is 18.5 Å². The monoisotopic (exact) mass is 284 g/mol. The van der Waals surface area contributed by atoms with E-state index in [1.807, 2.05) is 24.3 Å². The Hall–Kier alpha value is 0.226. The highest BCUT2D eigenvalue weighted by atomic mass is 79.9. The van der Waals surface area contributed by atoms with Crippen LogP contribution in [-0.2, 0) is 4.74 Å². The number of hydrogen-bond acceptors (Lipinski definition) is 2. The third-order valence-corrected chi connectivity index (χ3v) is 2.54. The molecule has 2 nitrogen and oxygen atoms in total. The minimum Gasteiger partial charge on any atom is -0.496 e. The van der Waals surface area contributed by atoms with E-state index in [0.29, 0.717) is 0 Å². The molecule has 0 saturated carbocycles. The van der Waals surface area contributed by atoms with Gasteiger partial charge in [0.2, 0.25) is 0 Å². The van der Waals surface area contributed by atoms with Gasteiger partial charge in [0.05, 0.1) is 11.6 Å². The summed E-state index contributed by atoms with van der Waals surface area (Å²) in [5, 5.41) is 0. The fourth-order valence-electron chi connectivity index (χ4n) is 1.12. The van der Waals surface area contributed by atoms with Crippen LogP contribution in [0, 0.1) is 0 Å². The first kappa shape index (κ1) is 15.2. The van der Waals surface area contributed by atoms with E-state index in [-0.39, 0.29) is 23.1 Å². The van der Waals surface area contributed by atoms with Crippen molar-refractivity contribution in [2.45, 2.75) is 12.8 Å². The predicted octanol–water partition coefficient (Wildman–Crippen LogP) is 2.34. The van der Waals surface area contributed by atoms with Crippen molar-refractivity contribution in [3.63, 3.8) is 0 Å². The fourth-order valence-corrected chi connectivity index (χ4v) is 1.57. The van der Waals surface area contributed by atoms with Crippen LogP contribution in [0.3, 0.4) is 0 Å². The molecule has 1 aliphatic rings. The second-order valence-electron chi connectivity index (χ2n) is 2.95. The minimum absolute atomic E-state index is 0.